The molecule has 0 aliphatic carbocycles. The van der Waals surface area contributed by atoms with Crippen molar-refractivity contribution in [1.82, 2.24) is 0 Å². The summed E-state index contributed by atoms with van der Waals surface area (Å²) in [6.45, 7) is 0. The molecule has 5 heteroatoms. The average Bonchev–Trinajstić information content (AvgIpc) is 2.53. The first-order chi connectivity index (χ1) is 10.1. The number of hydrogen-bond acceptors (Lipinski definition) is 4. The van der Waals surface area contributed by atoms with Crippen molar-refractivity contribution in [2.75, 3.05) is 21.3 Å². The molecule has 0 saturated carbocycles. The fraction of sp³-hybridized carbons (Fsp3) is 0.188. The van der Waals surface area contributed by atoms with Gasteiger partial charge in [0.15, 0.2) is 17.3 Å². The summed E-state index contributed by atoms with van der Waals surface area (Å²) < 4.78 is 15.5. The number of benzene rings is 2. The minimum Gasteiger partial charge on any atom is -0.495 e. The van der Waals surface area contributed by atoms with Gasteiger partial charge >= 0.3 is 0 Å². The highest BCUT2D eigenvalue weighted by Gasteiger charge is 2.14. The molecule has 0 aliphatic heterocycles. The maximum absolute atomic E-state index is 12.5. The summed E-state index contributed by atoms with van der Waals surface area (Å²) in [6.07, 6.45) is 0. The van der Waals surface area contributed by atoms with Crippen LogP contribution in [-0.4, -0.2) is 27.1 Å². The molecule has 0 bridgehead atoms. The lowest BCUT2D eigenvalue weighted by molar-refractivity contribution is 0.103. The van der Waals surface area contributed by atoms with Crippen molar-refractivity contribution < 1.29 is 19.0 Å². The third-order valence-electron chi connectivity index (χ3n) is 3.06. The average molecular weight is 307 g/mol. The van der Waals surface area contributed by atoms with Crippen LogP contribution in [0.1, 0.15) is 15.9 Å². The third kappa shape index (κ3) is 3.11. The van der Waals surface area contributed by atoms with Crippen LogP contribution >= 0.6 is 11.6 Å². The minimum atomic E-state index is -0.147. The first-order valence-electron chi connectivity index (χ1n) is 6.21. The molecule has 2 rings (SSSR count). The molecule has 0 radical (unpaired) electrons. The van der Waals surface area contributed by atoms with Gasteiger partial charge in [-0.05, 0) is 36.4 Å². The van der Waals surface area contributed by atoms with Gasteiger partial charge in [0.2, 0.25) is 0 Å². The number of carbonyl (C=O) groups excluding carboxylic acids is 1. The Labute approximate surface area is 128 Å². The normalized spacial score (nSPS) is 10.1. The van der Waals surface area contributed by atoms with Crippen LogP contribution in [-0.2, 0) is 0 Å². The van der Waals surface area contributed by atoms with Gasteiger partial charge in [0.25, 0.3) is 0 Å². The zero-order valence-electron chi connectivity index (χ0n) is 12.0. The van der Waals surface area contributed by atoms with E-state index in [4.69, 9.17) is 25.8 Å². The lowest BCUT2D eigenvalue weighted by Gasteiger charge is -2.10. The monoisotopic (exact) mass is 306 g/mol. The van der Waals surface area contributed by atoms with Crippen LogP contribution in [0.2, 0.25) is 5.02 Å². The molecule has 0 aliphatic rings. The van der Waals surface area contributed by atoms with Crippen molar-refractivity contribution in [1.29, 1.82) is 0 Å². The Morgan fingerprint density at radius 1 is 0.810 bits per heavy atom. The maximum atomic E-state index is 12.5. The topological polar surface area (TPSA) is 44.8 Å². The zero-order chi connectivity index (χ0) is 15.4. The lowest BCUT2D eigenvalue weighted by atomic mass is 10.0. The summed E-state index contributed by atoms with van der Waals surface area (Å²) >= 11 is 5.96. The molecule has 2 aromatic rings. The summed E-state index contributed by atoms with van der Waals surface area (Å²) in [4.78, 5) is 12.5. The van der Waals surface area contributed by atoms with Crippen molar-refractivity contribution in [2.45, 2.75) is 0 Å². The van der Waals surface area contributed by atoms with Crippen LogP contribution in [0.15, 0.2) is 36.4 Å². The number of methoxy groups -OCH3 is 3. The highest BCUT2D eigenvalue weighted by atomic mass is 35.5. The quantitative estimate of drug-likeness (QED) is 0.792. The van der Waals surface area contributed by atoms with Crippen molar-refractivity contribution in [3.8, 4) is 17.2 Å². The Hall–Kier alpha value is -2.20. The van der Waals surface area contributed by atoms with Crippen molar-refractivity contribution in [2.24, 2.45) is 0 Å². The summed E-state index contributed by atoms with van der Waals surface area (Å²) in [7, 11) is 4.58. The van der Waals surface area contributed by atoms with E-state index >= 15 is 0 Å². The van der Waals surface area contributed by atoms with Gasteiger partial charge in [-0.1, -0.05) is 11.6 Å². The van der Waals surface area contributed by atoms with Crippen molar-refractivity contribution in [3.63, 3.8) is 0 Å². The summed E-state index contributed by atoms with van der Waals surface area (Å²) in [5.41, 5.74) is 0.987. The van der Waals surface area contributed by atoms with E-state index in [0.717, 1.165) is 0 Å². The van der Waals surface area contributed by atoms with Crippen LogP contribution in [0.25, 0.3) is 0 Å². The SMILES string of the molecule is COc1cc(C(=O)c2ccc(OC)c(OC)c2)ccc1Cl. The molecule has 0 atom stereocenters. The number of halogens is 1. The standard InChI is InChI=1S/C16H15ClO4/c1-19-13-7-5-11(9-15(13)21-3)16(18)10-4-6-12(17)14(8-10)20-2/h4-9H,1-3H3. The number of ether oxygens (including phenoxy) is 3. The minimum absolute atomic E-state index is 0.147. The van der Waals surface area contributed by atoms with Crippen LogP contribution in [0.3, 0.4) is 0 Å². The van der Waals surface area contributed by atoms with Gasteiger partial charge in [-0.25, -0.2) is 0 Å². The van der Waals surface area contributed by atoms with Crippen LogP contribution in [0.4, 0.5) is 0 Å². The Balaban J connectivity index is 2.40. The van der Waals surface area contributed by atoms with Gasteiger partial charge in [0.05, 0.1) is 26.4 Å². The van der Waals surface area contributed by atoms with E-state index in [0.29, 0.717) is 33.4 Å². The van der Waals surface area contributed by atoms with Crippen molar-refractivity contribution in [3.05, 3.63) is 52.5 Å². The zero-order valence-corrected chi connectivity index (χ0v) is 12.7. The van der Waals surface area contributed by atoms with Crippen LogP contribution in [0, 0.1) is 0 Å². The van der Waals surface area contributed by atoms with E-state index in [1.807, 2.05) is 0 Å². The molecule has 0 aromatic heterocycles. The fourth-order valence-corrected chi connectivity index (χ4v) is 2.14. The number of rotatable bonds is 5. The van der Waals surface area contributed by atoms with E-state index < -0.39 is 0 Å². The summed E-state index contributed by atoms with van der Waals surface area (Å²) in [5.74, 6) is 1.39. The first kappa shape index (κ1) is 15.2. The van der Waals surface area contributed by atoms with Crippen LogP contribution in [0.5, 0.6) is 17.2 Å². The lowest BCUT2D eigenvalue weighted by Crippen LogP contribution is -2.03. The molecule has 0 amide bonds. The van der Waals surface area contributed by atoms with Crippen LogP contribution < -0.4 is 14.2 Å². The van der Waals surface area contributed by atoms with Gasteiger partial charge in [-0.2, -0.15) is 0 Å². The van der Waals surface area contributed by atoms with E-state index in [1.54, 1.807) is 43.5 Å². The molecular formula is C16H15ClO4. The number of carbonyl (C=O) groups is 1. The summed E-state index contributed by atoms with van der Waals surface area (Å²) in [6, 6.07) is 9.92. The molecule has 21 heavy (non-hydrogen) atoms. The predicted octanol–water partition coefficient (Wildman–Crippen LogP) is 3.60. The number of ketones is 1. The first-order valence-corrected chi connectivity index (χ1v) is 6.58. The van der Waals surface area contributed by atoms with Gasteiger partial charge < -0.3 is 14.2 Å². The molecule has 0 saturated heterocycles. The second-order valence-corrected chi connectivity index (χ2v) is 4.66. The van der Waals surface area contributed by atoms with E-state index in [2.05, 4.69) is 0 Å². The van der Waals surface area contributed by atoms with E-state index in [9.17, 15) is 4.79 Å². The van der Waals surface area contributed by atoms with Gasteiger partial charge in [0.1, 0.15) is 5.75 Å². The Bertz CT molecular complexity index is 667. The Kier molecular flexibility index (Phi) is 4.70. The highest BCUT2D eigenvalue weighted by molar-refractivity contribution is 6.32. The second kappa shape index (κ2) is 6.50. The fourth-order valence-electron chi connectivity index (χ4n) is 1.95. The largest absolute Gasteiger partial charge is 0.495 e. The van der Waals surface area contributed by atoms with Crippen molar-refractivity contribution >= 4 is 17.4 Å². The predicted molar refractivity (Wildman–Crippen MR) is 81.0 cm³/mol. The molecule has 0 unspecified atom stereocenters. The number of hydrogen-bond donors (Lipinski definition) is 0. The summed E-state index contributed by atoms with van der Waals surface area (Å²) in [5, 5.41) is 0.460. The van der Waals surface area contributed by atoms with E-state index in [-0.39, 0.29) is 5.78 Å². The van der Waals surface area contributed by atoms with Gasteiger partial charge in [-0.3, -0.25) is 4.79 Å². The second-order valence-electron chi connectivity index (χ2n) is 4.25. The molecule has 0 spiro atoms. The third-order valence-corrected chi connectivity index (χ3v) is 3.37. The molecule has 0 heterocycles. The molecule has 2 aromatic carbocycles. The smallest absolute Gasteiger partial charge is 0.193 e. The molecule has 4 nitrogen and oxygen atoms in total. The molecule has 0 fully saturated rings. The Morgan fingerprint density at radius 3 is 1.90 bits per heavy atom. The molecular weight excluding hydrogens is 292 g/mol. The van der Waals surface area contributed by atoms with E-state index in [1.165, 1.54) is 14.2 Å². The molecule has 0 N–H and O–H groups in total. The highest BCUT2D eigenvalue weighted by Crippen LogP contribution is 2.30. The van der Waals surface area contributed by atoms with Gasteiger partial charge in [-0.15, -0.1) is 0 Å². The van der Waals surface area contributed by atoms with Gasteiger partial charge in [0, 0.05) is 11.1 Å². The molecule has 110 valence electrons. The maximum Gasteiger partial charge on any atom is 0.193 e. The Morgan fingerprint density at radius 2 is 1.33 bits per heavy atom.